The largest absolute Gasteiger partial charge is 0.456 e. The molecule has 7 rings (SSSR count). The third-order valence-electron chi connectivity index (χ3n) is 7.75. The number of esters is 1. The predicted octanol–water partition coefficient (Wildman–Crippen LogP) is 7.12. The molecule has 1 saturated heterocycles. The first-order valence-corrected chi connectivity index (χ1v) is 13.3. The van der Waals surface area contributed by atoms with E-state index >= 15 is 0 Å². The number of aryl methyl sites for hydroxylation is 1. The van der Waals surface area contributed by atoms with E-state index in [0.29, 0.717) is 17.1 Å². The van der Waals surface area contributed by atoms with Crippen LogP contribution in [0.5, 0.6) is 11.5 Å². The molecule has 6 heteroatoms. The Morgan fingerprint density at radius 3 is 2.37 bits per heavy atom. The Balaban J connectivity index is 1.38. The summed E-state index contributed by atoms with van der Waals surface area (Å²) in [6.45, 7) is 4.10. The molecule has 1 spiro atoms. The van der Waals surface area contributed by atoms with Crippen LogP contribution in [-0.4, -0.2) is 24.1 Å². The number of para-hydroxylation sites is 1. The number of nitrogens with zero attached hydrogens (tertiary/aromatic N) is 1. The van der Waals surface area contributed by atoms with Crippen LogP contribution >= 0.6 is 0 Å². The quantitative estimate of drug-likeness (QED) is 0.289. The van der Waals surface area contributed by atoms with Gasteiger partial charge in [-0.2, -0.15) is 0 Å². The van der Waals surface area contributed by atoms with Crippen LogP contribution in [0.1, 0.15) is 51.9 Å². The number of carbonyl (C=O) groups excluding carboxylic acids is 1. The van der Waals surface area contributed by atoms with E-state index in [2.05, 4.69) is 34.8 Å². The molecule has 2 N–H and O–H groups in total. The number of hydrogen-bond acceptors (Lipinski definition) is 6. The number of hydrogen-bond donors (Lipinski definition) is 2. The van der Waals surface area contributed by atoms with Crippen molar-refractivity contribution < 1.29 is 14.3 Å². The Morgan fingerprint density at radius 2 is 1.53 bits per heavy atom. The summed E-state index contributed by atoms with van der Waals surface area (Å²) in [5.74, 6) is 1.05. The molecule has 4 aromatic rings. The fraction of sp³-hybridized carbons (Fsp3) is 0.219. The molecule has 4 aromatic carbocycles. The van der Waals surface area contributed by atoms with Gasteiger partial charge in [-0.05, 0) is 67.8 Å². The Hall–Kier alpha value is -4.29. The second-order valence-corrected chi connectivity index (χ2v) is 10.2. The van der Waals surface area contributed by atoms with Gasteiger partial charge in [0.15, 0.2) is 5.60 Å². The number of rotatable bonds is 4. The maximum Gasteiger partial charge on any atom is 0.340 e. The van der Waals surface area contributed by atoms with Crippen molar-refractivity contribution in [1.29, 1.82) is 0 Å². The molecule has 0 amide bonds. The molecular weight excluding hydrogens is 474 g/mol. The van der Waals surface area contributed by atoms with Gasteiger partial charge in [-0.15, -0.1) is 0 Å². The van der Waals surface area contributed by atoms with E-state index in [1.54, 1.807) is 0 Å². The van der Waals surface area contributed by atoms with Gasteiger partial charge in [0, 0.05) is 47.2 Å². The summed E-state index contributed by atoms with van der Waals surface area (Å²) >= 11 is 0. The van der Waals surface area contributed by atoms with Crippen molar-refractivity contribution in [2.24, 2.45) is 0 Å². The molecule has 190 valence electrons. The van der Waals surface area contributed by atoms with Crippen LogP contribution in [0, 0.1) is 6.92 Å². The summed E-state index contributed by atoms with van der Waals surface area (Å²) in [4.78, 5) is 13.2. The topological polar surface area (TPSA) is 62.8 Å². The predicted molar refractivity (Wildman–Crippen MR) is 148 cm³/mol. The van der Waals surface area contributed by atoms with E-state index < -0.39 is 5.60 Å². The number of ether oxygens (including phenoxy) is 2. The maximum absolute atomic E-state index is 13.2. The molecule has 38 heavy (non-hydrogen) atoms. The van der Waals surface area contributed by atoms with Gasteiger partial charge in [0.05, 0.1) is 11.3 Å². The van der Waals surface area contributed by atoms with Gasteiger partial charge in [-0.1, -0.05) is 42.8 Å². The smallest absolute Gasteiger partial charge is 0.340 e. The van der Waals surface area contributed by atoms with Crippen molar-refractivity contribution in [3.05, 3.63) is 113 Å². The van der Waals surface area contributed by atoms with Gasteiger partial charge < -0.3 is 20.2 Å². The van der Waals surface area contributed by atoms with E-state index in [1.807, 2.05) is 72.8 Å². The highest BCUT2D eigenvalue weighted by Gasteiger charge is 2.53. The SMILES string of the molecule is Cc1cc2c(cc1Nc1ccccc1)C1(OC(=O)c3ccccc31)c1ccc(NN3CCCCC3)cc1O2. The van der Waals surface area contributed by atoms with Crippen LogP contribution in [0.2, 0.25) is 0 Å². The second kappa shape index (κ2) is 8.92. The average molecular weight is 504 g/mol. The van der Waals surface area contributed by atoms with Gasteiger partial charge in [-0.25, -0.2) is 9.80 Å². The van der Waals surface area contributed by atoms with Crippen molar-refractivity contribution in [2.75, 3.05) is 23.8 Å². The highest BCUT2D eigenvalue weighted by molar-refractivity contribution is 5.97. The number of carbonyl (C=O) groups is 1. The molecule has 1 atom stereocenters. The van der Waals surface area contributed by atoms with E-state index in [9.17, 15) is 4.79 Å². The van der Waals surface area contributed by atoms with E-state index in [0.717, 1.165) is 52.4 Å². The average Bonchev–Trinajstić information content (AvgIpc) is 3.23. The van der Waals surface area contributed by atoms with E-state index in [1.165, 1.54) is 19.3 Å². The molecule has 3 heterocycles. The van der Waals surface area contributed by atoms with Gasteiger partial charge in [0.25, 0.3) is 0 Å². The van der Waals surface area contributed by atoms with E-state index in [4.69, 9.17) is 9.47 Å². The first-order chi connectivity index (χ1) is 18.6. The van der Waals surface area contributed by atoms with Crippen molar-refractivity contribution in [3.63, 3.8) is 0 Å². The van der Waals surface area contributed by atoms with Crippen LogP contribution in [0.4, 0.5) is 17.1 Å². The van der Waals surface area contributed by atoms with Crippen LogP contribution in [0.25, 0.3) is 0 Å². The van der Waals surface area contributed by atoms with Crippen LogP contribution in [0.3, 0.4) is 0 Å². The van der Waals surface area contributed by atoms with Crippen LogP contribution in [0.15, 0.2) is 84.9 Å². The van der Waals surface area contributed by atoms with Gasteiger partial charge in [0.1, 0.15) is 11.5 Å². The molecule has 3 aliphatic heterocycles. The molecule has 1 unspecified atom stereocenters. The zero-order valence-corrected chi connectivity index (χ0v) is 21.3. The summed E-state index contributed by atoms with van der Waals surface area (Å²) in [6, 6.07) is 27.9. The van der Waals surface area contributed by atoms with Crippen molar-refractivity contribution in [2.45, 2.75) is 31.8 Å². The number of anilines is 3. The van der Waals surface area contributed by atoms with Crippen molar-refractivity contribution >= 4 is 23.0 Å². The first kappa shape index (κ1) is 22.9. The molecule has 1 fully saturated rings. The zero-order chi connectivity index (χ0) is 25.7. The molecule has 6 nitrogen and oxygen atoms in total. The number of benzene rings is 4. The Labute approximate surface area is 222 Å². The monoisotopic (exact) mass is 503 g/mol. The minimum absolute atomic E-state index is 0.326. The molecule has 0 radical (unpaired) electrons. The lowest BCUT2D eigenvalue weighted by Crippen LogP contribution is -2.35. The second-order valence-electron chi connectivity index (χ2n) is 10.2. The Bertz CT molecular complexity index is 1550. The molecule has 0 saturated carbocycles. The van der Waals surface area contributed by atoms with Crippen LogP contribution in [-0.2, 0) is 10.3 Å². The minimum atomic E-state index is -1.10. The molecule has 0 bridgehead atoms. The standard InChI is InChI=1S/C32H29N3O3/c1-21-18-29-27(20-28(21)33-22-10-4-2-5-11-22)32(25-13-7-6-12-24(25)31(36)38-32)26-15-14-23(19-30(26)37-29)34-35-16-8-3-9-17-35/h2,4-7,10-15,18-20,33-34H,3,8-9,16-17H2,1H3. The lowest BCUT2D eigenvalue weighted by molar-refractivity contribution is 0.0224. The Kier molecular flexibility index (Phi) is 5.37. The number of nitrogens with one attached hydrogen (secondary N) is 2. The highest BCUT2D eigenvalue weighted by atomic mass is 16.6. The first-order valence-electron chi connectivity index (χ1n) is 13.3. The number of piperidine rings is 1. The van der Waals surface area contributed by atoms with Crippen LogP contribution < -0.4 is 15.5 Å². The summed E-state index contributed by atoms with van der Waals surface area (Å²) in [5, 5.41) is 5.79. The van der Waals surface area contributed by atoms with Crippen molar-refractivity contribution in [3.8, 4) is 11.5 Å². The van der Waals surface area contributed by atoms with Gasteiger partial charge in [-0.3, -0.25) is 0 Å². The van der Waals surface area contributed by atoms with Crippen molar-refractivity contribution in [1.82, 2.24) is 5.01 Å². The maximum atomic E-state index is 13.2. The summed E-state index contributed by atoms with van der Waals surface area (Å²) in [5.41, 5.74) is 9.41. The lowest BCUT2D eigenvalue weighted by atomic mass is 9.77. The third kappa shape index (κ3) is 3.63. The summed E-state index contributed by atoms with van der Waals surface area (Å²) < 4.78 is 12.9. The number of fused-ring (bicyclic) bond motifs is 6. The molecule has 3 aliphatic rings. The summed E-state index contributed by atoms with van der Waals surface area (Å²) in [7, 11) is 0. The highest BCUT2D eigenvalue weighted by Crippen LogP contribution is 2.57. The third-order valence-corrected chi connectivity index (χ3v) is 7.75. The summed E-state index contributed by atoms with van der Waals surface area (Å²) in [6.07, 6.45) is 3.66. The zero-order valence-electron chi connectivity index (χ0n) is 21.3. The fourth-order valence-corrected chi connectivity index (χ4v) is 5.89. The molecule has 0 aliphatic carbocycles. The van der Waals surface area contributed by atoms with E-state index in [-0.39, 0.29) is 5.97 Å². The van der Waals surface area contributed by atoms with Gasteiger partial charge >= 0.3 is 5.97 Å². The lowest BCUT2D eigenvalue weighted by Gasteiger charge is -2.37. The van der Waals surface area contributed by atoms with Gasteiger partial charge in [0.2, 0.25) is 0 Å². The molecular formula is C32H29N3O3. The fourth-order valence-electron chi connectivity index (χ4n) is 5.89. The molecule has 0 aromatic heterocycles. The Morgan fingerprint density at radius 1 is 0.763 bits per heavy atom. The normalized spacial score (nSPS) is 19.7. The minimum Gasteiger partial charge on any atom is -0.456 e. The number of hydrazine groups is 1.